The normalized spacial score (nSPS) is 14.2. The van der Waals surface area contributed by atoms with Gasteiger partial charge in [-0.3, -0.25) is 0 Å². The van der Waals surface area contributed by atoms with Crippen LogP contribution in [0.5, 0.6) is 0 Å². The fraction of sp³-hybridized carbons (Fsp3) is 0.286. The third kappa shape index (κ3) is 2.71. The van der Waals surface area contributed by atoms with E-state index in [4.69, 9.17) is 23.8 Å². The molecule has 0 unspecified atom stereocenters. The second-order valence-electron chi connectivity index (χ2n) is 4.64. The minimum atomic E-state index is 0.685. The van der Waals surface area contributed by atoms with E-state index in [2.05, 4.69) is 15.3 Å². The summed E-state index contributed by atoms with van der Waals surface area (Å²) >= 11 is 11.6. The van der Waals surface area contributed by atoms with Crippen LogP contribution in [-0.4, -0.2) is 16.5 Å². The predicted molar refractivity (Wildman–Crippen MR) is 79.1 cm³/mol. The van der Waals surface area contributed by atoms with E-state index in [0.29, 0.717) is 11.1 Å². The van der Waals surface area contributed by atoms with Gasteiger partial charge in [-0.25, -0.2) is 4.98 Å². The molecule has 19 heavy (non-hydrogen) atoms. The van der Waals surface area contributed by atoms with Crippen LogP contribution in [-0.2, 0) is 19.4 Å². The summed E-state index contributed by atoms with van der Waals surface area (Å²) in [5, 5.41) is 4.08. The molecule has 0 bridgehead atoms. The van der Waals surface area contributed by atoms with Crippen molar-refractivity contribution < 1.29 is 0 Å². The summed E-state index contributed by atoms with van der Waals surface area (Å²) in [5.41, 5.74) is 3.40. The number of hydrogen-bond acceptors (Lipinski definition) is 3. The lowest BCUT2D eigenvalue weighted by molar-refractivity contribution is 0.619. The van der Waals surface area contributed by atoms with Crippen LogP contribution >= 0.6 is 23.8 Å². The van der Waals surface area contributed by atoms with Gasteiger partial charge in [0.1, 0.15) is 10.5 Å². The van der Waals surface area contributed by atoms with E-state index in [0.717, 1.165) is 41.5 Å². The smallest absolute Gasteiger partial charge is 0.134 e. The Labute approximate surface area is 122 Å². The van der Waals surface area contributed by atoms with Crippen molar-refractivity contribution >= 4 is 23.8 Å². The highest BCUT2D eigenvalue weighted by Crippen LogP contribution is 2.19. The number of rotatable bonds is 2. The predicted octanol–water partition coefficient (Wildman–Crippen LogP) is 3.03. The molecule has 1 aromatic heterocycles. The lowest BCUT2D eigenvalue weighted by Gasteiger charge is -2.17. The first-order valence-electron chi connectivity index (χ1n) is 6.29. The molecule has 2 heterocycles. The van der Waals surface area contributed by atoms with Gasteiger partial charge in [0.25, 0.3) is 0 Å². The molecule has 0 atom stereocenters. The maximum Gasteiger partial charge on any atom is 0.134 e. The number of aromatic nitrogens is 2. The molecule has 0 radical (unpaired) electrons. The summed E-state index contributed by atoms with van der Waals surface area (Å²) in [7, 11) is 0. The van der Waals surface area contributed by atoms with E-state index in [1.165, 1.54) is 5.69 Å². The van der Waals surface area contributed by atoms with E-state index >= 15 is 0 Å². The van der Waals surface area contributed by atoms with Gasteiger partial charge in [0.05, 0.1) is 0 Å². The Morgan fingerprint density at radius 2 is 2.16 bits per heavy atom. The van der Waals surface area contributed by atoms with Gasteiger partial charge in [-0.15, -0.1) is 0 Å². The molecule has 0 fully saturated rings. The zero-order valence-corrected chi connectivity index (χ0v) is 11.9. The number of nitrogens with zero attached hydrogens (tertiary/aromatic N) is 1. The maximum atomic E-state index is 6.18. The summed E-state index contributed by atoms with van der Waals surface area (Å²) in [6.45, 7) is 1.79. The molecular formula is C14H14ClN3S. The third-order valence-electron chi connectivity index (χ3n) is 3.32. The van der Waals surface area contributed by atoms with Crippen molar-refractivity contribution in [1.82, 2.24) is 15.3 Å². The van der Waals surface area contributed by atoms with Crippen LogP contribution in [0.15, 0.2) is 24.3 Å². The molecule has 98 valence electrons. The standard InChI is InChI=1S/C14H14ClN3S/c15-11-4-2-1-3-9(11)7-13-17-12-5-6-16-8-10(12)14(19)18-13/h1-4,16H,5-8H2,(H,17,18,19). The van der Waals surface area contributed by atoms with Crippen molar-refractivity contribution in [2.75, 3.05) is 6.54 Å². The molecule has 1 aliphatic rings. The monoisotopic (exact) mass is 291 g/mol. The van der Waals surface area contributed by atoms with Crippen LogP contribution in [0.4, 0.5) is 0 Å². The molecule has 0 amide bonds. The number of halogens is 1. The fourth-order valence-corrected chi connectivity index (χ4v) is 2.83. The summed E-state index contributed by atoms with van der Waals surface area (Å²) in [6, 6.07) is 7.83. The average molecular weight is 292 g/mol. The van der Waals surface area contributed by atoms with E-state index in [9.17, 15) is 0 Å². The minimum Gasteiger partial charge on any atom is -0.346 e. The maximum absolute atomic E-state index is 6.18. The van der Waals surface area contributed by atoms with Gasteiger partial charge in [0, 0.05) is 42.2 Å². The second kappa shape index (κ2) is 5.41. The lowest BCUT2D eigenvalue weighted by Crippen LogP contribution is -2.26. The van der Waals surface area contributed by atoms with Crippen LogP contribution in [0.1, 0.15) is 22.6 Å². The summed E-state index contributed by atoms with van der Waals surface area (Å²) in [4.78, 5) is 7.89. The Bertz CT molecular complexity index is 666. The molecule has 0 saturated carbocycles. The molecule has 1 aliphatic heterocycles. The number of aromatic amines is 1. The lowest BCUT2D eigenvalue weighted by atomic mass is 10.1. The van der Waals surface area contributed by atoms with Crippen LogP contribution in [0.3, 0.4) is 0 Å². The summed E-state index contributed by atoms with van der Waals surface area (Å²) in [6.07, 6.45) is 1.65. The van der Waals surface area contributed by atoms with Crippen LogP contribution in [0.25, 0.3) is 0 Å². The first-order chi connectivity index (χ1) is 9.24. The molecule has 5 heteroatoms. The number of benzene rings is 1. The van der Waals surface area contributed by atoms with Crippen LogP contribution < -0.4 is 5.32 Å². The minimum absolute atomic E-state index is 0.685. The number of H-pyrrole nitrogens is 1. The van der Waals surface area contributed by atoms with Crippen LogP contribution in [0.2, 0.25) is 5.02 Å². The summed E-state index contributed by atoms with van der Waals surface area (Å²) in [5.74, 6) is 0.888. The highest BCUT2D eigenvalue weighted by Gasteiger charge is 2.13. The fourth-order valence-electron chi connectivity index (χ4n) is 2.33. The molecule has 3 rings (SSSR count). The average Bonchev–Trinajstić information content (AvgIpc) is 2.42. The topological polar surface area (TPSA) is 40.7 Å². The molecule has 1 aromatic carbocycles. The highest BCUT2D eigenvalue weighted by molar-refractivity contribution is 7.71. The molecule has 3 nitrogen and oxygen atoms in total. The molecule has 0 saturated heterocycles. The zero-order chi connectivity index (χ0) is 13.2. The molecule has 2 aromatic rings. The van der Waals surface area contributed by atoms with Gasteiger partial charge in [0.2, 0.25) is 0 Å². The van der Waals surface area contributed by atoms with E-state index in [-0.39, 0.29) is 0 Å². The van der Waals surface area contributed by atoms with Gasteiger partial charge in [-0.1, -0.05) is 42.0 Å². The van der Waals surface area contributed by atoms with Gasteiger partial charge in [-0.05, 0) is 11.6 Å². The molecular weight excluding hydrogens is 278 g/mol. The van der Waals surface area contributed by atoms with Crippen molar-refractivity contribution in [2.45, 2.75) is 19.4 Å². The van der Waals surface area contributed by atoms with Crippen molar-refractivity contribution in [2.24, 2.45) is 0 Å². The molecule has 0 aliphatic carbocycles. The molecule has 0 spiro atoms. The van der Waals surface area contributed by atoms with Gasteiger partial charge < -0.3 is 10.3 Å². The first-order valence-corrected chi connectivity index (χ1v) is 7.08. The van der Waals surface area contributed by atoms with Crippen molar-refractivity contribution in [3.05, 3.63) is 56.6 Å². The number of hydrogen-bond donors (Lipinski definition) is 2. The van der Waals surface area contributed by atoms with Gasteiger partial charge in [-0.2, -0.15) is 0 Å². The number of fused-ring (bicyclic) bond motifs is 1. The van der Waals surface area contributed by atoms with Gasteiger partial charge >= 0.3 is 0 Å². The zero-order valence-electron chi connectivity index (χ0n) is 10.4. The Kier molecular flexibility index (Phi) is 3.64. The van der Waals surface area contributed by atoms with E-state index in [1.807, 2.05) is 24.3 Å². The van der Waals surface area contributed by atoms with Gasteiger partial charge in [0.15, 0.2) is 0 Å². The molecule has 2 N–H and O–H groups in total. The largest absolute Gasteiger partial charge is 0.346 e. The van der Waals surface area contributed by atoms with Crippen molar-refractivity contribution in [1.29, 1.82) is 0 Å². The SMILES string of the molecule is S=c1nc(Cc2ccccc2Cl)[nH]c2c1CNCC2. The Balaban J connectivity index is 1.96. The van der Waals surface area contributed by atoms with Crippen molar-refractivity contribution in [3.8, 4) is 0 Å². The van der Waals surface area contributed by atoms with E-state index in [1.54, 1.807) is 0 Å². The van der Waals surface area contributed by atoms with Crippen LogP contribution in [0, 0.1) is 4.64 Å². The highest BCUT2D eigenvalue weighted by atomic mass is 35.5. The Morgan fingerprint density at radius 3 is 3.00 bits per heavy atom. The number of nitrogens with one attached hydrogen (secondary N) is 2. The Morgan fingerprint density at radius 1 is 1.32 bits per heavy atom. The van der Waals surface area contributed by atoms with Crippen molar-refractivity contribution in [3.63, 3.8) is 0 Å². The summed E-state index contributed by atoms with van der Waals surface area (Å²) < 4.78 is 0.697. The Hall–Kier alpha value is -1.23. The second-order valence-corrected chi connectivity index (χ2v) is 5.43. The quantitative estimate of drug-likeness (QED) is 0.836. The van der Waals surface area contributed by atoms with E-state index < -0.39 is 0 Å². The first kappa shape index (κ1) is 12.8. The third-order valence-corrected chi connectivity index (χ3v) is 4.03.